The van der Waals surface area contributed by atoms with Gasteiger partial charge in [-0.25, -0.2) is 14.3 Å². The summed E-state index contributed by atoms with van der Waals surface area (Å²) in [5.74, 6) is -2.64. The Hall–Kier alpha value is -5.47. The lowest BCUT2D eigenvalue weighted by Gasteiger charge is -2.37. The van der Waals surface area contributed by atoms with Gasteiger partial charge in [0.25, 0.3) is 21.5 Å². The van der Waals surface area contributed by atoms with Gasteiger partial charge in [-0.1, -0.05) is 0 Å². The van der Waals surface area contributed by atoms with Crippen LogP contribution in [0.1, 0.15) is 95.5 Å². The molecule has 9 atom stereocenters. The molecular formula is C47H74N7O23P. The molecule has 0 radical (unpaired) electrons. The van der Waals surface area contributed by atoms with Crippen LogP contribution in [0.5, 0.6) is 0 Å². The first-order valence-electron chi connectivity index (χ1n) is 24.7. The summed E-state index contributed by atoms with van der Waals surface area (Å²) in [7, 11) is -0.0693. The molecule has 4 rings (SSSR count). The molecule has 2 aliphatic heterocycles. The summed E-state index contributed by atoms with van der Waals surface area (Å²) in [6.45, 7) is 15.6. The third-order valence-corrected chi connectivity index (χ3v) is 12.4. The summed E-state index contributed by atoms with van der Waals surface area (Å²) in [4.78, 5) is 100. The Kier molecular flexibility index (Phi) is 29.0. The minimum atomic E-state index is -1.62. The van der Waals surface area contributed by atoms with Gasteiger partial charge in [-0.2, -0.15) is 9.97 Å². The summed E-state index contributed by atoms with van der Waals surface area (Å²) in [5, 5.41) is 15.5. The quantitative estimate of drug-likeness (QED) is 0.0329. The molecule has 2 amide bonds. The van der Waals surface area contributed by atoms with E-state index < -0.39 is 112 Å². The topological polar surface area (TPSA) is 349 Å². The second kappa shape index (κ2) is 33.8. The number of nitrogens with one attached hydrogen (secondary N) is 2. The zero-order valence-corrected chi connectivity index (χ0v) is 46.9. The number of aliphatic hydroxyl groups is 1. The molecule has 440 valence electrons. The average molecular weight is 1140 g/mol. The third kappa shape index (κ3) is 22.7. The predicted molar refractivity (Wildman–Crippen MR) is 269 cm³/mol. The van der Waals surface area contributed by atoms with Gasteiger partial charge in [0.15, 0.2) is 12.5 Å². The Morgan fingerprint density at radius 3 is 1.29 bits per heavy atom. The number of carbonyl (C=O) groups excluding carboxylic acids is 6. The van der Waals surface area contributed by atoms with Crippen LogP contribution in [0, 0.1) is 0 Å². The lowest BCUT2D eigenvalue weighted by atomic mass is 10.1. The summed E-state index contributed by atoms with van der Waals surface area (Å²) in [6, 6.07) is 2.99. The number of nitrogens with zero attached hydrogens (tertiary/aromatic N) is 5. The molecule has 2 aromatic heterocycles. The summed E-state index contributed by atoms with van der Waals surface area (Å²) in [6.07, 6.45) is -4.89. The van der Waals surface area contributed by atoms with Gasteiger partial charge < -0.3 is 81.6 Å². The standard InChI is InChI=1S/C27H45N4O12P.C20H29N3O11/c1-16(2)31(17(3)4)44(36-9)43-23-18(5)41-25(30-11-10-22(28-19(6)32)29-26(30)35)24(23)42-27(39-14-12-37-20(7)33)40-15-13-38-21(8)34;1-11-16(27)17(18(33-11)23-6-5-15(21-12(2)24)22-19(23)28)34-20(31-9-7-29-13(3)25)32-10-8-30-14(4)26/h10-11,16-18,23-25,27H,12-15H2,1-9H3,(H,28,29,32,35);5-6,11,16-18,20,27H,7-10H2,1-4H3,(H,21,22,24,28)/t18-,23+,24?,25-,44?;11-,16+,17?,18-/m11/s1. The fraction of sp³-hybridized carbons (Fsp3) is 0.702. The van der Waals surface area contributed by atoms with Gasteiger partial charge in [0.05, 0.1) is 38.6 Å². The summed E-state index contributed by atoms with van der Waals surface area (Å²) < 4.78 is 82.5. The van der Waals surface area contributed by atoms with Crippen molar-refractivity contribution in [2.24, 2.45) is 0 Å². The van der Waals surface area contributed by atoms with E-state index in [9.17, 15) is 43.5 Å². The van der Waals surface area contributed by atoms with Gasteiger partial charge >= 0.3 is 35.3 Å². The van der Waals surface area contributed by atoms with Crippen LogP contribution in [0.4, 0.5) is 11.6 Å². The highest BCUT2D eigenvalue weighted by molar-refractivity contribution is 7.44. The Morgan fingerprint density at radius 2 is 0.962 bits per heavy atom. The van der Waals surface area contributed by atoms with Crippen LogP contribution in [0.3, 0.4) is 0 Å². The number of anilines is 2. The number of esters is 4. The van der Waals surface area contributed by atoms with Gasteiger partial charge in [-0.15, -0.1) is 0 Å². The molecule has 2 saturated heterocycles. The van der Waals surface area contributed by atoms with Gasteiger partial charge in [0.2, 0.25) is 11.8 Å². The predicted octanol–water partition coefficient (Wildman–Crippen LogP) is 1.63. The largest absolute Gasteiger partial charge is 0.463 e. The van der Waals surface area contributed by atoms with Crippen LogP contribution in [-0.4, -0.2) is 186 Å². The molecule has 30 nitrogen and oxygen atoms in total. The molecule has 0 aliphatic carbocycles. The number of carbonyl (C=O) groups is 6. The first kappa shape index (κ1) is 66.8. The van der Waals surface area contributed by atoms with Gasteiger partial charge in [0.1, 0.15) is 62.5 Å². The second-order valence-electron chi connectivity index (χ2n) is 17.5. The zero-order valence-electron chi connectivity index (χ0n) is 46.0. The molecule has 3 N–H and O–H groups in total. The van der Waals surface area contributed by atoms with Crippen molar-refractivity contribution >= 4 is 55.9 Å². The van der Waals surface area contributed by atoms with Crippen LogP contribution < -0.4 is 22.0 Å². The highest BCUT2D eigenvalue weighted by Gasteiger charge is 2.50. The number of ether oxygens (including phenoxy) is 12. The molecule has 3 unspecified atom stereocenters. The first-order chi connectivity index (χ1) is 36.8. The Morgan fingerprint density at radius 1 is 0.603 bits per heavy atom. The van der Waals surface area contributed by atoms with Crippen molar-refractivity contribution in [1.82, 2.24) is 23.8 Å². The summed E-state index contributed by atoms with van der Waals surface area (Å²) in [5.41, 5.74) is -1.47. The molecule has 0 spiro atoms. The van der Waals surface area contributed by atoms with Gasteiger partial charge in [-0.3, -0.25) is 37.9 Å². The lowest BCUT2D eigenvalue weighted by molar-refractivity contribution is -0.321. The monoisotopic (exact) mass is 1140 g/mol. The number of aromatic nitrogens is 4. The second-order valence-corrected chi connectivity index (χ2v) is 19.0. The molecule has 0 saturated carbocycles. The van der Waals surface area contributed by atoms with Crippen molar-refractivity contribution in [2.75, 3.05) is 70.6 Å². The van der Waals surface area contributed by atoms with Crippen LogP contribution in [0.25, 0.3) is 0 Å². The molecule has 2 aromatic rings. The van der Waals surface area contributed by atoms with Crippen molar-refractivity contribution < 1.29 is 99.8 Å². The number of amides is 2. The molecule has 2 fully saturated rings. The maximum atomic E-state index is 13.1. The van der Waals surface area contributed by atoms with Crippen molar-refractivity contribution in [1.29, 1.82) is 0 Å². The zero-order chi connectivity index (χ0) is 58.2. The molecule has 78 heavy (non-hydrogen) atoms. The fourth-order valence-corrected chi connectivity index (χ4v) is 8.95. The van der Waals surface area contributed by atoms with Crippen molar-refractivity contribution in [3.8, 4) is 0 Å². The first-order valence-corrected chi connectivity index (χ1v) is 25.8. The van der Waals surface area contributed by atoms with Crippen LogP contribution in [0.15, 0.2) is 34.1 Å². The van der Waals surface area contributed by atoms with E-state index in [1.54, 1.807) is 21.0 Å². The van der Waals surface area contributed by atoms with Crippen molar-refractivity contribution in [3.63, 3.8) is 0 Å². The molecule has 0 aromatic carbocycles. The molecular weight excluding hydrogens is 1060 g/mol. The van der Waals surface area contributed by atoms with E-state index in [2.05, 4.69) is 25.3 Å². The third-order valence-electron chi connectivity index (χ3n) is 10.4. The van der Waals surface area contributed by atoms with Crippen LogP contribution in [-0.2, 0) is 94.7 Å². The van der Waals surface area contributed by atoms with Crippen LogP contribution >= 0.6 is 8.53 Å². The molecule has 0 bridgehead atoms. The SMILES string of the molecule is CC(=O)Nc1ccn([C@@H]2O[C@H](C)[C@H](O)C2OC(OCCOC(C)=O)OCCOC(C)=O)c(=O)n1.COP(O[C@@H]1C(OC(OCCOC(C)=O)OCCOC(C)=O)[C@H](n2ccc(NC(C)=O)nc2=O)O[C@@H]1C)N(C(C)C)C(C)C. The van der Waals surface area contributed by atoms with E-state index in [1.165, 1.54) is 70.6 Å². The highest BCUT2D eigenvalue weighted by Crippen LogP contribution is 2.50. The number of aliphatic hydroxyl groups excluding tert-OH is 1. The highest BCUT2D eigenvalue weighted by atomic mass is 31.2. The minimum Gasteiger partial charge on any atom is -0.463 e. The van der Waals surface area contributed by atoms with Crippen molar-refractivity contribution in [2.45, 2.75) is 157 Å². The smallest absolute Gasteiger partial charge is 0.351 e. The van der Waals surface area contributed by atoms with Crippen LogP contribution in [0.2, 0.25) is 0 Å². The number of rotatable bonds is 30. The average Bonchev–Trinajstić information content (AvgIpc) is 3.79. The van der Waals surface area contributed by atoms with Crippen molar-refractivity contribution in [3.05, 3.63) is 45.5 Å². The van der Waals surface area contributed by atoms with E-state index in [0.717, 1.165) is 4.57 Å². The normalized spacial score (nSPS) is 21.3. The molecule has 2 aliphatic rings. The fourth-order valence-electron chi connectivity index (χ4n) is 7.31. The number of hydrogen-bond acceptors (Lipinski definition) is 26. The maximum absolute atomic E-state index is 13.1. The Balaban J connectivity index is 0.000000424. The minimum absolute atomic E-state index is 0.0540. The van der Waals surface area contributed by atoms with E-state index in [4.69, 9.17) is 65.9 Å². The van der Waals surface area contributed by atoms with Gasteiger partial charge in [0, 0.05) is 73.1 Å². The van der Waals surface area contributed by atoms with Gasteiger partial charge in [-0.05, 0) is 53.7 Å². The Bertz CT molecular complexity index is 2310. The maximum Gasteiger partial charge on any atom is 0.351 e. The van der Waals surface area contributed by atoms with E-state index in [0.29, 0.717) is 0 Å². The summed E-state index contributed by atoms with van der Waals surface area (Å²) >= 11 is 0. The van der Waals surface area contributed by atoms with E-state index in [1.807, 2.05) is 27.7 Å². The van der Waals surface area contributed by atoms with E-state index >= 15 is 0 Å². The molecule has 4 heterocycles. The molecule has 31 heteroatoms. The Labute approximate surface area is 451 Å². The number of hydrogen-bond donors (Lipinski definition) is 3. The van der Waals surface area contributed by atoms with E-state index in [-0.39, 0.29) is 82.5 Å². The lowest BCUT2D eigenvalue weighted by Crippen LogP contribution is -2.43.